The summed E-state index contributed by atoms with van der Waals surface area (Å²) in [6.45, 7) is 5.06. The van der Waals surface area contributed by atoms with Gasteiger partial charge in [-0.1, -0.05) is 30.3 Å². The zero-order valence-corrected chi connectivity index (χ0v) is 19.3. The monoisotopic (exact) mass is 461 g/mol. The quantitative estimate of drug-likeness (QED) is 0.507. The van der Waals surface area contributed by atoms with Crippen molar-refractivity contribution in [1.29, 1.82) is 0 Å². The highest BCUT2D eigenvalue weighted by Crippen LogP contribution is 2.36. The van der Waals surface area contributed by atoms with E-state index in [4.69, 9.17) is 9.47 Å². The zero-order chi connectivity index (χ0) is 23.7. The van der Waals surface area contributed by atoms with E-state index in [-0.39, 0.29) is 24.8 Å². The van der Waals surface area contributed by atoms with Crippen molar-refractivity contribution in [3.63, 3.8) is 0 Å². The van der Waals surface area contributed by atoms with Crippen molar-refractivity contribution in [2.24, 2.45) is 0 Å². The molecule has 34 heavy (non-hydrogen) atoms. The number of hydrogen-bond acceptors (Lipinski definition) is 6. The lowest BCUT2D eigenvalue weighted by molar-refractivity contribution is -0.138. The number of imide groups is 1. The fourth-order valence-corrected chi connectivity index (χ4v) is 4.81. The third-order valence-corrected chi connectivity index (χ3v) is 7.03. The van der Waals surface area contributed by atoms with E-state index in [1.54, 1.807) is 24.9 Å². The lowest BCUT2D eigenvalue weighted by atomic mass is 9.70. The molecule has 1 unspecified atom stereocenters. The fourth-order valence-electron chi connectivity index (χ4n) is 4.81. The Hall–Kier alpha value is -3.17. The Kier molecular flexibility index (Phi) is 6.14. The van der Waals surface area contributed by atoms with Crippen LogP contribution in [0.1, 0.15) is 39.9 Å². The first-order valence-corrected chi connectivity index (χ1v) is 11.7. The molecule has 3 aliphatic heterocycles. The summed E-state index contributed by atoms with van der Waals surface area (Å²) in [7, 11) is 1.72. The second kappa shape index (κ2) is 9.23. The lowest BCUT2D eigenvalue weighted by Crippen LogP contribution is -2.63. The summed E-state index contributed by atoms with van der Waals surface area (Å²) in [5.74, 6) is -0.294. The number of benzene rings is 2. The number of rotatable bonds is 6. The predicted molar refractivity (Wildman–Crippen MR) is 127 cm³/mol. The van der Waals surface area contributed by atoms with Crippen LogP contribution in [0.15, 0.2) is 42.5 Å². The number of ether oxygens (including phenoxy) is 2. The van der Waals surface area contributed by atoms with E-state index in [0.29, 0.717) is 24.3 Å². The number of nitrogens with zero attached hydrogens (tertiary/aromatic N) is 2. The summed E-state index contributed by atoms with van der Waals surface area (Å²) in [5.41, 5.74) is 2.57. The van der Waals surface area contributed by atoms with Crippen molar-refractivity contribution in [3.8, 4) is 5.75 Å². The lowest BCUT2D eigenvalue weighted by Gasteiger charge is -2.39. The van der Waals surface area contributed by atoms with Gasteiger partial charge in [-0.25, -0.2) is 0 Å². The highest BCUT2D eigenvalue weighted by Gasteiger charge is 2.48. The molecule has 0 aliphatic carbocycles. The van der Waals surface area contributed by atoms with Crippen molar-refractivity contribution in [3.05, 3.63) is 64.7 Å². The molecule has 1 N–H and O–H groups in total. The largest absolute Gasteiger partial charge is 0.489 e. The molecule has 2 aromatic carbocycles. The molecule has 2 fully saturated rings. The topological polar surface area (TPSA) is 88.2 Å². The molecule has 8 nitrogen and oxygen atoms in total. The molecule has 3 amide bonds. The number of morpholine rings is 1. The minimum atomic E-state index is -1.06. The van der Waals surface area contributed by atoms with Gasteiger partial charge in [0.15, 0.2) is 0 Å². The molecular formula is C25H28BN3O5. The Balaban J connectivity index is 1.25. The molecule has 3 heterocycles. The molecule has 1 atom stereocenters. The van der Waals surface area contributed by atoms with Crippen LogP contribution in [-0.2, 0) is 34.0 Å². The van der Waals surface area contributed by atoms with Crippen LogP contribution < -0.4 is 10.1 Å². The van der Waals surface area contributed by atoms with Crippen LogP contribution in [0.5, 0.6) is 5.75 Å². The highest BCUT2D eigenvalue weighted by atomic mass is 16.5. The van der Waals surface area contributed by atoms with Crippen molar-refractivity contribution in [2.75, 3.05) is 26.3 Å². The number of carbonyl (C=O) groups is 3. The molecule has 0 saturated carbocycles. The Morgan fingerprint density at radius 1 is 1.03 bits per heavy atom. The van der Waals surface area contributed by atoms with Gasteiger partial charge in [0.2, 0.25) is 11.8 Å². The van der Waals surface area contributed by atoms with Crippen molar-refractivity contribution >= 4 is 25.6 Å². The molecule has 9 heteroatoms. The van der Waals surface area contributed by atoms with Crippen LogP contribution in [0.2, 0.25) is 0 Å². The second-order valence-electron chi connectivity index (χ2n) is 9.32. The zero-order valence-electron chi connectivity index (χ0n) is 19.3. The Morgan fingerprint density at radius 2 is 1.76 bits per heavy atom. The average molecular weight is 461 g/mol. The molecule has 0 radical (unpaired) electrons. The van der Waals surface area contributed by atoms with Crippen LogP contribution in [0.25, 0.3) is 0 Å². The average Bonchev–Trinajstić information content (AvgIpc) is 3.20. The maximum Gasteiger partial charge on any atom is 0.254 e. The summed E-state index contributed by atoms with van der Waals surface area (Å²) in [5, 5.41) is 2.37. The third-order valence-electron chi connectivity index (χ3n) is 7.03. The van der Waals surface area contributed by atoms with Crippen molar-refractivity contribution < 1.29 is 23.9 Å². The Bertz CT molecular complexity index is 1120. The van der Waals surface area contributed by atoms with Crippen LogP contribution in [0.3, 0.4) is 0 Å². The number of carbonyl (C=O) groups excluding carboxylic acids is 3. The van der Waals surface area contributed by atoms with Gasteiger partial charge in [-0.3, -0.25) is 24.6 Å². The number of fused-ring (bicyclic) bond motifs is 1. The third kappa shape index (κ3) is 4.33. The van der Waals surface area contributed by atoms with Crippen LogP contribution in [0, 0.1) is 0 Å². The minimum absolute atomic E-state index is 0.208. The van der Waals surface area contributed by atoms with Crippen molar-refractivity contribution in [1.82, 2.24) is 15.1 Å². The summed E-state index contributed by atoms with van der Waals surface area (Å²) in [4.78, 5) is 41.3. The van der Waals surface area contributed by atoms with Crippen LogP contribution >= 0.6 is 0 Å². The maximum absolute atomic E-state index is 13.1. The van der Waals surface area contributed by atoms with Gasteiger partial charge in [0.05, 0.1) is 25.2 Å². The van der Waals surface area contributed by atoms with E-state index in [9.17, 15) is 14.4 Å². The second-order valence-corrected chi connectivity index (χ2v) is 9.32. The molecule has 2 saturated heterocycles. The molecule has 5 rings (SSSR count). The Morgan fingerprint density at radius 3 is 2.50 bits per heavy atom. The van der Waals surface area contributed by atoms with Gasteiger partial charge in [-0.15, -0.1) is 0 Å². The number of piperidine rings is 1. The standard InChI is InChI=1S/C25H28BN3O5/c26-25(9-8-22(30)27-24(25)32)29-15-20-19(23(29)31)2-1-3-21(20)34-16-18-6-4-17(5-7-18)14-28-10-12-33-13-11-28/h1-7H,8-16,26H2,(H,27,30,32). The first kappa shape index (κ1) is 22.6. The number of amides is 3. The van der Waals surface area contributed by atoms with Gasteiger partial charge in [-0.05, 0) is 29.7 Å². The number of nitrogens with one attached hydrogen (secondary N) is 1. The molecule has 0 aromatic heterocycles. The minimum Gasteiger partial charge on any atom is -0.489 e. The van der Waals surface area contributed by atoms with Crippen LogP contribution in [0.4, 0.5) is 0 Å². The summed E-state index contributed by atoms with van der Waals surface area (Å²) >= 11 is 0. The summed E-state index contributed by atoms with van der Waals surface area (Å²) in [6.07, 6.45) is 0.525. The molecule has 0 spiro atoms. The van der Waals surface area contributed by atoms with Gasteiger partial charge >= 0.3 is 0 Å². The fraction of sp³-hybridized carbons (Fsp3) is 0.400. The normalized spacial score (nSPS) is 23.1. The van der Waals surface area contributed by atoms with Crippen molar-refractivity contribution in [2.45, 2.75) is 38.0 Å². The summed E-state index contributed by atoms with van der Waals surface area (Å²) in [6, 6.07) is 13.8. The predicted octanol–water partition coefficient (Wildman–Crippen LogP) is 0.820. The van der Waals surface area contributed by atoms with E-state index in [1.165, 1.54) is 5.56 Å². The van der Waals surface area contributed by atoms with E-state index in [2.05, 4.69) is 34.5 Å². The SMILES string of the molecule is BC1(N2Cc3c(OCc4ccc(CN5CCOCC5)cc4)cccc3C2=O)CCC(=O)NC1=O. The first-order valence-electron chi connectivity index (χ1n) is 11.7. The van der Waals surface area contributed by atoms with Gasteiger partial charge in [0.1, 0.15) is 20.2 Å². The molecule has 176 valence electrons. The number of hydrogen-bond donors (Lipinski definition) is 1. The van der Waals surface area contributed by atoms with Crippen LogP contribution in [-0.4, -0.2) is 67.1 Å². The van der Waals surface area contributed by atoms with E-state index in [0.717, 1.165) is 44.0 Å². The molecule has 3 aliphatic rings. The van der Waals surface area contributed by atoms with Gasteiger partial charge in [0.25, 0.3) is 5.91 Å². The van der Waals surface area contributed by atoms with Gasteiger partial charge in [-0.2, -0.15) is 0 Å². The smallest absolute Gasteiger partial charge is 0.254 e. The van der Waals surface area contributed by atoms with E-state index < -0.39 is 11.3 Å². The molecule has 2 aromatic rings. The van der Waals surface area contributed by atoms with E-state index in [1.807, 2.05) is 6.07 Å². The molecule has 0 bridgehead atoms. The summed E-state index contributed by atoms with van der Waals surface area (Å²) < 4.78 is 11.5. The molecular weight excluding hydrogens is 433 g/mol. The highest BCUT2D eigenvalue weighted by molar-refractivity contribution is 6.32. The van der Waals surface area contributed by atoms with Gasteiger partial charge in [0, 0.05) is 37.2 Å². The van der Waals surface area contributed by atoms with Gasteiger partial charge < -0.3 is 14.4 Å². The first-order chi connectivity index (χ1) is 16.4. The van der Waals surface area contributed by atoms with E-state index >= 15 is 0 Å². The maximum atomic E-state index is 13.1. The Labute approximate surface area is 199 Å².